The second-order valence-corrected chi connectivity index (χ2v) is 4.68. The van der Waals surface area contributed by atoms with E-state index in [0.717, 1.165) is 18.6 Å². The Bertz CT molecular complexity index is 469. The molecule has 2 aromatic rings. The molecule has 0 aliphatic rings. The lowest BCUT2D eigenvalue weighted by molar-refractivity contribution is 0.632. The highest BCUT2D eigenvalue weighted by Gasteiger charge is 2.09. The van der Waals surface area contributed by atoms with E-state index in [2.05, 4.69) is 62.4 Å². The van der Waals surface area contributed by atoms with E-state index in [1.54, 1.807) is 0 Å². The molecule has 0 unspecified atom stereocenters. The van der Waals surface area contributed by atoms with Crippen LogP contribution in [-0.4, -0.2) is 11.8 Å². The number of benzene rings is 2. The molecular weight excluding hydrogens is 254 g/mol. The van der Waals surface area contributed by atoms with E-state index in [4.69, 9.17) is 4.99 Å². The van der Waals surface area contributed by atoms with Gasteiger partial charge in [-0.25, -0.2) is 0 Å². The fourth-order valence-corrected chi connectivity index (χ4v) is 2.16. The largest absolute Gasteiger partial charge is 0.281 e. The summed E-state index contributed by atoms with van der Waals surface area (Å²) < 4.78 is 0. The van der Waals surface area contributed by atoms with E-state index in [9.17, 15) is 0 Å². The predicted octanol–water partition coefficient (Wildman–Crippen LogP) is 5.74. The molecule has 0 N–H and O–H groups in total. The zero-order chi connectivity index (χ0) is 15.5. The maximum atomic E-state index is 4.97. The summed E-state index contributed by atoms with van der Waals surface area (Å²) in [7, 11) is 0. The summed E-state index contributed by atoms with van der Waals surface area (Å²) in [6.45, 7) is 8.40. The number of hydrogen-bond acceptors (Lipinski definition) is 1. The first-order valence-corrected chi connectivity index (χ1v) is 8.03. The fraction of sp³-hybridized carbons (Fsp3) is 0.350. The van der Waals surface area contributed by atoms with Crippen LogP contribution in [0.5, 0.6) is 0 Å². The van der Waals surface area contributed by atoms with Gasteiger partial charge in [0.15, 0.2) is 0 Å². The van der Waals surface area contributed by atoms with Gasteiger partial charge in [0.2, 0.25) is 0 Å². The van der Waals surface area contributed by atoms with Crippen molar-refractivity contribution in [3.8, 4) is 0 Å². The van der Waals surface area contributed by atoms with Crippen molar-refractivity contribution in [1.29, 1.82) is 0 Å². The van der Waals surface area contributed by atoms with Crippen molar-refractivity contribution in [2.24, 2.45) is 4.99 Å². The van der Waals surface area contributed by atoms with Crippen molar-refractivity contribution in [2.75, 3.05) is 0 Å². The maximum Gasteiger partial charge on any atom is 0.0722 e. The van der Waals surface area contributed by atoms with Crippen LogP contribution in [0.25, 0.3) is 0 Å². The zero-order valence-corrected chi connectivity index (χ0v) is 13.7. The van der Waals surface area contributed by atoms with Gasteiger partial charge in [-0.15, -0.1) is 0 Å². The molecule has 0 saturated carbocycles. The Balaban J connectivity index is 0.00000106. The standard InChI is InChI=1S/C18H21N.C2H6/c1-3-17(4-2)19-18(15-11-7-5-8-12-15)16-13-9-6-10-14-16;1-2/h5-14,17H,3-4H2,1-2H3;1-2H3. The van der Waals surface area contributed by atoms with E-state index in [-0.39, 0.29) is 0 Å². The summed E-state index contributed by atoms with van der Waals surface area (Å²) >= 11 is 0. The number of hydrogen-bond donors (Lipinski definition) is 0. The van der Waals surface area contributed by atoms with Crippen LogP contribution in [0.3, 0.4) is 0 Å². The van der Waals surface area contributed by atoms with E-state index < -0.39 is 0 Å². The molecule has 0 atom stereocenters. The summed E-state index contributed by atoms with van der Waals surface area (Å²) in [5, 5.41) is 0. The monoisotopic (exact) mass is 281 g/mol. The molecule has 0 saturated heterocycles. The molecule has 0 bridgehead atoms. The third kappa shape index (κ3) is 5.18. The maximum absolute atomic E-state index is 4.97. The summed E-state index contributed by atoms with van der Waals surface area (Å²) in [6, 6.07) is 21.3. The average molecular weight is 281 g/mol. The zero-order valence-electron chi connectivity index (χ0n) is 13.7. The summed E-state index contributed by atoms with van der Waals surface area (Å²) in [4.78, 5) is 4.97. The summed E-state index contributed by atoms with van der Waals surface area (Å²) in [6.07, 6.45) is 2.17. The van der Waals surface area contributed by atoms with Gasteiger partial charge in [0.05, 0.1) is 11.8 Å². The van der Waals surface area contributed by atoms with Crippen LogP contribution in [0.2, 0.25) is 0 Å². The van der Waals surface area contributed by atoms with Gasteiger partial charge >= 0.3 is 0 Å². The van der Waals surface area contributed by atoms with Gasteiger partial charge in [0.25, 0.3) is 0 Å². The molecule has 2 aromatic carbocycles. The molecular formula is C20H27N. The Morgan fingerprint density at radius 2 is 1.14 bits per heavy atom. The van der Waals surface area contributed by atoms with Gasteiger partial charge in [-0.1, -0.05) is 88.4 Å². The van der Waals surface area contributed by atoms with Crippen molar-refractivity contribution in [2.45, 2.75) is 46.6 Å². The van der Waals surface area contributed by atoms with Crippen LogP contribution in [0.15, 0.2) is 65.7 Å². The van der Waals surface area contributed by atoms with Crippen LogP contribution < -0.4 is 0 Å². The Kier molecular flexibility index (Phi) is 8.11. The molecule has 0 spiro atoms. The molecule has 2 rings (SSSR count). The van der Waals surface area contributed by atoms with Gasteiger partial charge in [-0.3, -0.25) is 4.99 Å². The Labute approximate surface area is 129 Å². The minimum absolute atomic E-state index is 0.399. The normalized spacial score (nSPS) is 9.76. The molecule has 0 fully saturated rings. The van der Waals surface area contributed by atoms with Gasteiger partial charge in [-0.2, -0.15) is 0 Å². The second-order valence-electron chi connectivity index (χ2n) is 4.68. The fourth-order valence-electron chi connectivity index (χ4n) is 2.16. The molecule has 112 valence electrons. The molecule has 21 heavy (non-hydrogen) atoms. The number of nitrogens with zero attached hydrogens (tertiary/aromatic N) is 1. The first-order chi connectivity index (χ1) is 10.3. The second kappa shape index (κ2) is 9.93. The quantitative estimate of drug-likeness (QED) is 0.620. The third-order valence-corrected chi connectivity index (χ3v) is 3.35. The highest BCUT2D eigenvalue weighted by Crippen LogP contribution is 2.14. The van der Waals surface area contributed by atoms with Gasteiger partial charge in [0.1, 0.15) is 0 Å². The van der Waals surface area contributed by atoms with E-state index in [0.29, 0.717) is 6.04 Å². The van der Waals surface area contributed by atoms with Gasteiger partial charge in [-0.05, 0) is 12.8 Å². The summed E-state index contributed by atoms with van der Waals surface area (Å²) in [5.74, 6) is 0. The number of rotatable bonds is 5. The Morgan fingerprint density at radius 1 is 0.762 bits per heavy atom. The average Bonchev–Trinajstić information content (AvgIpc) is 2.59. The first kappa shape index (κ1) is 17.2. The number of aliphatic imine (C=N–C) groups is 1. The van der Waals surface area contributed by atoms with Crippen LogP contribution in [0.4, 0.5) is 0 Å². The first-order valence-electron chi connectivity index (χ1n) is 8.03. The Hall–Kier alpha value is -1.89. The van der Waals surface area contributed by atoms with E-state index in [1.807, 2.05) is 26.0 Å². The van der Waals surface area contributed by atoms with E-state index >= 15 is 0 Å². The molecule has 1 heteroatoms. The van der Waals surface area contributed by atoms with Crippen LogP contribution in [0.1, 0.15) is 51.7 Å². The minimum atomic E-state index is 0.399. The van der Waals surface area contributed by atoms with E-state index in [1.165, 1.54) is 11.1 Å². The topological polar surface area (TPSA) is 12.4 Å². The molecule has 1 nitrogen and oxygen atoms in total. The highest BCUT2D eigenvalue weighted by atomic mass is 14.8. The highest BCUT2D eigenvalue weighted by molar-refractivity contribution is 6.12. The molecule has 0 aliphatic carbocycles. The lowest BCUT2D eigenvalue weighted by atomic mass is 10.0. The van der Waals surface area contributed by atoms with Crippen molar-refractivity contribution >= 4 is 5.71 Å². The minimum Gasteiger partial charge on any atom is -0.281 e. The van der Waals surface area contributed by atoms with Crippen molar-refractivity contribution < 1.29 is 0 Å². The smallest absolute Gasteiger partial charge is 0.0722 e. The van der Waals surface area contributed by atoms with Gasteiger partial charge in [0, 0.05) is 11.1 Å². The van der Waals surface area contributed by atoms with Crippen LogP contribution >= 0.6 is 0 Å². The molecule has 0 heterocycles. The Morgan fingerprint density at radius 3 is 1.48 bits per heavy atom. The van der Waals surface area contributed by atoms with Crippen LogP contribution in [-0.2, 0) is 0 Å². The lowest BCUT2D eigenvalue weighted by Crippen LogP contribution is -2.10. The third-order valence-electron chi connectivity index (χ3n) is 3.35. The molecule has 0 radical (unpaired) electrons. The molecule has 0 amide bonds. The molecule has 0 aromatic heterocycles. The molecule has 0 aliphatic heterocycles. The summed E-state index contributed by atoms with van der Waals surface area (Å²) in [5.41, 5.74) is 3.50. The van der Waals surface area contributed by atoms with Crippen molar-refractivity contribution in [3.63, 3.8) is 0 Å². The lowest BCUT2D eigenvalue weighted by Gasteiger charge is -2.12. The van der Waals surface area contributed by atoms with Gasteiger partial charge < -0.3 is 0 Å². The van der Waals surface area contributed by atoms with Crippen LogP contribution in [0, 0.1) is 0 Å². The van der Waals surface area contributed by atoms with Crippen molar-refractivity contribution in [3.05, 3.63) is 71.8 Å². The SMILES string of the molecule is CC.CCC(CC)N=C(c1ccccc1)c1ccccc1. The predicted molar refractivity (Wildman–Crippen MR) is 94.2 cm³/mol. The van der Waals surface area contributed by atoms with Crippen molar-refractivity contribution in [1.82, 2.24) is 0 Å².